The molecule has 0 aliphatic rings. The van der Waals surface area contributed by atoms with Crippen molar-refractivity contribution in [3.8, 4) is 0 Å². The highest BCUT2D eigenvalue weighted by molar-refractivity contribution is 5.97. The monoisotopic (exact) mass is 426 g/mol. The van der Waals surface area contributed by atoms with Crippen LogP contribution in [0.25, 0.3) is 16.6 Å². The van der Waals surface area contributed by atoms with E-state index in [-0.39, 0.29) is 5.91 Å². The Balaban J connectivity index is 1.91. The van der Waals surface area contributed by atoms with Crippen LogP contribution in [0.4, 0.5) is 0 Å². The summed E-state index contributed by atoms with van der Waals surface area (Å²) in [6.45, 7) is 8.38. The molecule has 0 saturated carbocycles. The molecule has 0 fully saturated rings. The van der Waals surface area contributed by atoms with Crippen molar-refractivity contribution in [2.75, 3.05) is 0 Å². The minimum atomic E-state index is -0.141. The van der Waals surface area contributed by atoms with E-state index in [0.29, 0.717) is 12.1 Å². The van der Waals surface area contributed by atoms with Crippen molar-refractivity contribution in [3.63, 3.8) is 0 Å². The van der Waals surface area contributed by atoms with Gasteiger partial charge in [0.05, 0.1) is 22.4 Å². The second-order valence-corrected chi connectivity index (χ2v) is 7.56. The third kappa shape index (κ3) is 5.97. The SMILES string of the molecule is C=C/C=C\C(=C/C)c1nc2ccc(C(=O)NCc3cccnc3)cc2nc1CCCCC. The Morgan fingerprint density at radius 2 is 2.03 bits per heavy atom. The van der Waals surface area contributed by atoms with Crippen LogP contribution < -0.4 is 5.32 Å². The molecule has 3 rings (SSSR count). The van der Waals surface area contributed by atoms with Crippen LogP contribution in [0, 0.1) is 0 Å². The molecule has 5 heteroatoms. The summed E-state index contributed by atoms with van der Waals surface area (Å²) >= 11 is 0. The van der Waals surface area contributed by atoms with Crippen LogP contribution in [0.3, 0.4) is 0 Å². The van der Waals surface area contributed by atoms with Crippen LogP contribution >= 0.6 is 0 Å². The van der Waals surface area contributed by atoms with Gasteiger partial charge >= 0.3 is 0 Å². The number of fused-ring (bicyclic) bond motifs is 1. The van der Waals surface area contributed by atoms with Gasteiger partial charge in [0, 0.05) is 24.5 Å². The zero-order chi connectivity index (χ0) is 22.8. The van der Waals surface area contributed by atoms with Crippen molar-refractivity contribution >= 4 is 22.5 Å². The van der Waals surface area contributed by atoms with Gasteiger partial charge in [0.15, 0.2) is 0 Å². The molecular weight excluding hydrogens is 396 g/mol. The third-order valence-electron chi connectivity index (χ3n) is 5.19. The number of pyridine rings is 1. The number of amides is 1. The number of allylic oxidation sites excluding steroid dienone is 5. The molecule has 0 saturated heterocycles. The van der Waals surface area contributed by atoms with Crippen LogP contribution in [0.15, 0.2) is 73.6 Å². The lowest BCUT2D eigenvalue weighted by atomic mass is 10.0. The summed E-state index contributed by atoms with van der Waals surface area (Å²) in [6, 6.07) is 9.27. The van der Waals surface area contributed by atoms with Gasteiger partial charge in [0.2, 0.25) is 0 Å². The van der Waals surface area contributed by atoms with Gasteiger partial charge in [-0.3, -0.25) is 9.78 Å². The van der Waals surface area contributed by atoms with E-state index in [4.69, 9.17) is 9.97 Å². The van der Waals surface area contributed by atoms with Gasteiger partial charge in [-0.15, -0.1) is 0 Å². The van der Waals surface area contributed by atoms with E-state index in [1.165, 1.54) is 0 Å². The summed E-state index contributed by atoms with van der Waals surface area (Å²) in [5.74, 6) is -0.141. The Labute approximate surface area is 190 Å². The minimum Gasteiger partial charge on any atom is -0.348 e. The highest BCUT2D eigenvalue weighted by atomic mass is 16.1. The average Bonchev–Trinajstić information content (AvgIpc) is 2.83. The van der Waals surface area contributed by atoms with E-state index >= 15 is 0 Å². The van der Waals surface area contributed by atoms with Crippen molar-refractivity contribution in [1.29, 1.82) is 0 Å². The fourth-order valence-corrected chi connectivity index (χ4v) is 3.45. The lowest BCUT2D eigenvalue weighted by Gasteiger charge is -2.12. The highest BCUT2D eigenvalue weighted by Crippen LogP contribution is 2.23. The maximum absolute atomic E-state index is 12.7. The first kappa shape index (κ1) is 23.1. The maximum atomic E-state index is 12.7. The Morgan fingerprint density at radius 3 is 2.75 bits per heavy atom. The number of rotatable bonds is 10. The Morgan fingerprint density at radius 1 is 1.16 bits per heavy atom. The summed E-state index contributed by atoms with van der Waals surface area (Å²) in [7, 11) is 0. The topological polar surface area (TPSA) is 67.8 Å². The molecule has 1 aromatic carbocycles. The molecule has 0 aliphatic heterocycles. The summed E-state index contributed by atoms with van der Waals surface area (Å²) in [4.78, 5) is 26.6. The van der Waals surface area contributed by atoms with Gasteiger partial charge in [-0.2, -0.15) is 0 Å². The van der Waals surface area contributed by atoms with Crippen molar-refractivity contribution in [3.05, 3.63) is 96.1 Å². The van der Waals surface area contributed by atoms with Crippen molar-refractivity contribution < 1.29 is 4.79 Å². The summed E-state index contributed by atoms with van der Waals surface area (Å²) in [5, 5.41) is 2.94. The molecule has 0 bridgehead atoms. The molecule has 2 heterocycles. The Kier molecular flexibility index (Phi) is 8.44. The maximum Gasteiger partial charge on any atom is 0.251 e. The van der Waals surface area contributed by atoms with Crippen LogP contribution in [0.1, 0.15) is 60.4 Å². The minimum absolute atomic E-state index is 0.141. The third-order valence-corrected chi connectivity index (χ3v) is 5.19. The smallest absolute Gasteiger partial charge is 0.251 e. The van der Waals surface area contributed by atoms with Crippen molar-refractivity contribution in [2.45, 2.75) is 46.1 Å². The zero-order valence-corrected chi connectivity index (χ0v) is 18.8. The lowest BCUT2D eigenvalue weighted by Crippen LogP contribution is -2.22. The molecule has 1 amide bonds. The first-order valence-corrected chi connectivity index (χ1v) is 11.1. The molecule has 0 radical (unpaired) electrons. The number of aromatic nitrogens is 3. The average molecular weight is 427 g/mol. The molecular formula is C27H30N4O. The standard InChI is InChI=1S/C27H30N4O/c1-4-7-9-13-24-26(21(6-3)12-8-5-2)31-23-15-14-22(17-25(23)30-24)27(32)29-19-20-11-10-16-28-18-20/h5-6,8,10-12,14-18H,2,4,7,9,13,19H2,1,3H3,(H,29,32)/b12-8-,21-6+. The molecule has 0 spiro atoms. The van der Waals surface area contributed by atoms with E-state index in [9.17, 15) is 4.79 Å². The van der Waals surface area contributed by atoms with Crippen molar-refractivity contribution in [1.82, 2.24) is 20.3 Å². The van der Waals surface area contributed by atoms with Crippen molar-refractivity contribution in [2.24, 2.45) is 0 Å². The molecule has 2 aromatic heterocycles. The second-order valence-electron chi connectivity index (χ2n) is 7.56. The number of aryl methyl sites for hydroxylation is 1. The number of carbonyl (C=O) groups is 1. The number of nitrogens with one attached hydrogen (secondary N) is 1. The molecule has 0 aliphatic carbocycles. The van der Waals surface area contributed by atoms with E-state index in [1.54, 1.807) is 24.5 Å². The number of hydrogen-bond donors (Lipinski definition) is 1. The van der Waals surface area contributed by atoms with Crippen LogP contribution in [-0.2, 0) is 13.0 Å². The molecule has 164 valence electrons. The predicted octanol–water partition coefficient (Wildman–Crippen LogP) is 5.83. The first-order valence-electron chi connectivity index (χ1n) is 11.1. The van der Waals surface area contributed by atoms with E-state index in [2.05, 4.69) is 23.8 Å². The van der Waals surface area contributed by atoms with E-state index < -0.39 is 0 Å². The van der Waals surface area contributed by atoms with Gasteiger partial charge in [0.25, 0.3) is 5.91 Å². The number of carbonyl (C=O) groups excluding carboxylic acids is 1. The van der Waals surface area contributed by atoms with Gasteiger partial charge < -0.3 is 5.32 Å². The second kappa shape index (κ2) is 11.7. The number of nitrogens with zero attached hydrogens (tertiary/aromatic N) is 3. The van der Waals surface area contributed by atoms with Crippen LogP contribution in [0.5, 0.6) is 0 Å². The zero-order valence-electron chi connectivity index (χ0n) is 18.8. The summed E-state index contributed by atoms with van der Waals surface area (Å²) < 4.78 is 0. The molecule has 5 nitrogen and oxygen atoms in total. The number of unbranched alkanes of at least 4 members (excludes halogenated alkanes) is 2. The van der Waals surface area contributed by atoms with E-state index in [1.807, 2.05) is 49.4 Å². The van der Waals surface area contributed by atoms with Crippen LogP contribution in [-0.4, -0.2) is 20.9 Å². The van der Waals surface area contributed by atoms with Gasteiger partial charge in [-0.25, -0.2) is 9.97 Å². The largest absolute Gasteiger partial charge is 0.348 e. The summed E-state index contributed by atoms with van der Waals surface area (Å²) in [5.41, 5.74) is 5.90. The highest BCUT2D eigenvalue weighted by Gasteiger charge is 2.13. The normalized spacial score (nSPS) is 11.8. The van der Waals surface area contributed by atoms with Gasteiger partial charge in [-0.1, -0.05) is 56.7 Å². The fourth-order valence-electron chi connectivity index (χ4n) is 3.45. The molecule has 0 unspecified atom stereocenters. The predicted molar refractivity (Wildman–Crippen MR) is 131 cm³/mol. The van der Waals surface area contributed by atoms with Crippen LogP contribution in [0.2, 0.25) is 0 Å². The summed E-state index contributed by atoms with van der Waals surface area (Å²) in [6.07, 6.45) is 15.4. The Bertz CT molecular complexity index is 1130. The Hall–Kier alpha value is -3.60. The quantitative estimate of drug-likeness (QED) is 0.327. The molecule has 0 atom stereocenters. The van der Waals surface area contributed by atoms with Gasteiger partial charge in [-0.05, 0) is 55.2 Å². The van der Waals surface area contributed by atoms with Gasteiger partial charge in [0.1, 0.15) is 0 Å². The number of hydrogen-bond acceptors (Lipinski definition) is 4. The first-order chi connectivity index (χ1) is 15.7. The fraction of sp³-hybridized carbons (Fsp3) is 0.259. The molecule has 3 aromatic rings. The van der Waals surface area contributed by atoms with E-state index in [0.717, 1.165) is 59.2 Å². The number of benzene rings is 1. The molecule has 32 heavy (non-hydrogen) atoms. The molecule has 1 N–H and O–H groups in total. The lowest BCUT2D eigenvalue weighted by molar-refractivity contribution is 0.0951.